The van der Waals surface area contributed by atoms with Crippen LogP contribution in [0, 0.1) is 0 Å². The molecule has 0 unspecified atom stereocenters. The molecule has 0 bridgehead atoms. The van der Waals surface area contributed by atoms with E-state index >= 15 is 0 Å². The topological polar surface area (TPSA) is 74.5 Å². The number of aromatic nitrogens is 3. The SMILES string of the molecule is CN1CCN(C2(Cn3ccnc3-c3cccc4ncccc34)CCCC2)CC1.O=CO. The van der Waals surface area contributed by atoms with E-state index in [1.165, 1.54) is 62.8 Å². The first-order chi connectivity index (χ1) is 15.2. The predicted octanol–water partition coefficient (Wildman–Crippen LogP) is 3.36. The van der Waals surface area contributed by atoms with Crippen LogP contribution in [0.4, 0.5) is 0 Å². The molecule has 2 fully saturated rings. The van der Waals surface area contributed by atoms with E-state index in [-0.39, 0.29) is 12.0 Å². The second-order valence-corrected chi connectivity index (χ2v) is 8.58. The van der Waals surface area contributed by atoms with Gasteiger partial charge in [0.15, 0.2) is 0 Å². The summed E-state index contributed by atoms with van der Waals surface area (Å²) < 4.78 is 2.39. The number of likely N-dealkylation sites (N-methyl/N-ethyl adjacent to an activating group) is 1. The normalized spacial score (nSPS) is 19.1. The van der Waals surface area contributed by atoms with E-state index in [0.29, 0.717) is 0 Å². The molecule has 1 saturated carbocycles. The van der Waals surface area contributed by atoms with Crippen molar-refractivity contribution >= 4 is 17.4 Å². The Kier molecular flexibility index (Phi) is 6.63. The van der Waals surface area contributed by atoms with Crippen molar-refractivity contribution in [3.8, 4) is 11.4 Å². The Hall–Kier alpha value is -2.77. The second-order valence-electron chi connectivity index (χ2n) is 8.58. The highest BCUT2D eigenvalue weighted by atomic mass is 16.3. The summed E-state index contributed by atoms with van der Waals surface area (Å²) in [5, 5.41) is 8.07. The van der Waals surface area contributed by atoms with Crippen LogP contribution in [0.1, 0.15) is 25.7 Å². The highest BCUT2D eigenvalue weighted by molar-refractivity contribution is 5.92. The van der Waals surface area contributed by atoms with E-state index in [2.05, 4.69) is 56.9 Å². The van der Waals surface area contributed by atoms with Crippen LogP contribution in [0.25, 0.3) is 22.3 Å². The summed E-state index contributed by atoms with van der Waals surface area (Å²) in [5.74, 6) is 1.07. The van der Waals surface area contributed by atoms with Gasteiger partial charge in [-0.15, -0.1) is 0 Å². The summed E-state index contributed by atoms with van der Waals surface area (Å²) in [6.45, 7) is 5.49. The molecule has 1 aliphatic carbocycles. The Morgan fingerprint density at radius 3 is 2.52 bits per heavy atom. The second kappa shape index (κ2) is 9.58. The van der Waals surface area contributed by atoms with Crippen molar-refractivity contribution in [3.05, 3.63) is 48.9 Å². The number of fused-ring (bicyclic) bond motifs is 1. The van der Waals surface area contributed by atoms with Crippen LogP contribution in [0.5, 0.6) is 0 Å². The quantitative estimate of drug-likeness (QED) is 0.651. The zero-order valence-electron chi connectivity index (χ0n) is 18.2. The highest BCUT2D eigenvalue weighted by Gasteiger charge is 2.41. The van der Waals surface area contributed by atoms with Gasteiger partial charge >= 0.3 is 0 Å². The van der Waals surface area contributed by atoms with Crippen LogP contribution < -0.4 is 0 Å². The molecule has 1 aromatic carbocycles. The average molecular weight is 422 g/mol. The van der Waals surface area contributed by atoms with Gasteiger partial charge in [-0.25, -0.2) is 4.98 Å². The number of carbonyl (C=O) groups is 1. The van der Waals surface area contributed by atoms with Crippen LogP contribution in [-0.2, 0) is 11.3 Å². The largest absolute Gasteiger partial charge is 0.483 e. The van der Waals surface area contributed by atoms with E-state index < -0.39 is 0 Å². The third-order valence-electron chi connectivity index (χ3n) is 6.78. The number of piperazine rings is 1. The summed E-state index contributed by atoms with van der Waals surface area (Å²) in [6.07, 6.45) is 11.3. The van der Waals surface area contributed by atoms with Gasteiger partial charge in [-0.2, -0.15) is 0 Å². The molecule has 164 valence electrons. The highest BCUT2D eigenvalue weighted by Crippen LogP contribution is 2.38. The monoisotopic (exact) mass is 421 g/mol. The fourth-order valence-corrected chi connectivity index (χ4v) is 5.18. The van der Waals surface area contributed by atoms with Crippen LogP contribution in [-0.4, -0.2) is 74.7 Å². The maximum atomic E-state index is 8.36. The maximum Gasteiger partial charge on any atom is 0.290 e. The first-order valence-corrected chi connectivity index (χ1v) is 11.0. The Morgan fingerprint density at radius 1 is 1.03 bits per heavy atom. The fraction of sp³-hybridized carbons (Fsp3) is 0.458. The lowest BCUT2D eigenvalue weighted by Gasteiger charge is -2.46. The molecular weight excluding hydrogens is 390 g/mol. The van der Waals surface area contributed by atoms with Crippen molar-refractivity contribution in [2.45, 2.75) is 37.8 Å². The molecule has 7 nitrogen and oxygen atoms in total. The van der Waals surface area contributed by atoms with Gasteiger partial charge in [-0.05, 0) is 32.0 Å². The van der Waals surface area contributed by atoms with E-state index in [1.54, 1.807) is 0 Å². The van der Waals surface area contributed by atoms with Crippen molar-refractivity contribution < 1.29 is 9.90 Å². The smallest absolute Gasteiger partial charge is 0.290 e. The summed E-state index contributed by atoms with van der Waals surface area (Å²) in [4.78, 5) is 22.9. The first-order valence-electron chi connectivity index (χ1n) is 11.0. The minimum absolute atomic E-state index is 0.250. The molecule has 1 N–H and O–H groups in total. The molecule has 31 heavy (non-hydrogen) atoms. The lowest BCUT2D eigenvalue weighted by Crippen LogP contribution is -2.57. The van der Waals surface area contributed by atoms with Gasteiger partial charge in [0.05, 0.1) is 5.52 Å². The molecule has 1 saturated heterocycles. The molecular formula is C24H31N5O2. The number of benzene rings is 1. The lowest BCUT2D eigenvalue weighted by molar-refractivity contribution is -0.122. The molecule has 3 heterocycles. The fourth-order valence-electron chi connectivity index (χ4n) is 5.18. The standard InChI is InChI=1S/C23H29N5.CH2O2/c1-26-14-16-28(17-15-26)23(9-2-3-10-23)18-27-13-12-25-22(27)20-6-4-8-21-19(20)7-5-11-24-21;2-1-3/h4-8,11-13H,2-3,9-10,14-18H2,1H3;1H,(H,2,3). The Bertz CT molecular complexity index is 999. The number of nitrogens with zero attached hydrogens (tertiary/aromatic N) is 5. The van der Waals surface area contributed by atoms with Crippen molar-refractivity contribution in [1.29, 1.82) is 0 Å². The zero-order chi connectivity index (χ0) is 21.7. The van der Waals surface area contributed by atoms with Crippen LogP contribution in [0.3, 0.4) is 0 Å². The Balaban J connectivity index is 0.000000730. The van der Waals surface area contributed by atoms with Crippen LogP contribution >= 0.6 is 0 Å². The predicted molar refractivity (Wildman–Crippen MR) is 122 cm³/mol. The van der Waals surface area contributed by atoms with Gasteiger partial charge in [0.2, 0.25) is 0 Å². The number of hydrogen-bond donors (Lipinski definition) is 1. The third-order valence-corrected chi connectivity index (χ3v) is 6.78. The van der Waals surface area contributed by atoms with E-state index in [1.807, 2.05) is 18.5 Å². The van der Waals surface area contributed by atoms with Crippen molar-refractivity contribution in [3.63, 3.8) is 0 Å². The molecule has 5 rings (SSSR count). The van der Waals surface area contributed by atoms with E-state index in [4.69, 9.17) is 14.9 Å². The van der Waals surface area contributed by atoms with Gasteiger partial charge in [0, 0.05) is 67.8 Å². The van der Waals surface area contributed by atoms with Crippen molar-refractivity contribution in [2.75, 3.05) is 33.2 Å². The third kappa shape index (κ3) is 4.48. The van der Waals surface area contributed by atoms with Crippen LogP contribution in [0.15, 0.2) is 48.9 Å². The minimum atomic E-state index is -0.250. The Morgan fingerprint density at radius 2 is 1.77 bits per heavy atom. The van der Waals surface area contributed by atoms with Crippen LogP contribution in [0.2, 0.25) is 0 Å². The maximum absolute atomic E-state index is 8.36. The van der Waals surface area contributed by atoms with Gasteiger partial charge in [-0.3, -0.25) is 14.7 Å². The van der Waals surface area contributed by atoms with Gasteiger partial charge in [0.25, 0.3) is 6.47 Å². The molecule has 3 aromatic rings. The van der Waals surface area contributed by atoms with Gasteiger partial charge in [-0.1, -0.05) is 31.0 Å². The van der Waals surface area contributed by atoms with E-state index in [0.717, 1.165) is 17.9 Å². The molecule has 2 aliphatic rings. The molecule has 0 amide bonds. The first kappa shape index (κ1) is 21.5. The summed E-state index contributed by atoms with van der Waals surface area (Å²) >= 11 is 0. The number of rotatable bonds is 4. The zero-order valence-corrected chi connectivity index (χ0v) is 18.2. The lowest BCUT2D eigenvalue weighted by atomic mass is 9.93. The molecule has 0 spiro atoms. The summed E-state index contributed by atoms with van der Waals surface area (Å²) in [7, 11) is 2.24. The molecule has 2 aromatic heterocycles. The average Bonchev–Trinajstić information content (AvgIpc) is 3.45. The molecule has 1 aliphatic heterocycles. The number of imidazole rings is 1. The van der Waals surface area contributed by atoms with Crippen molar-refractivity contribution in [2.24, 2.45) is 0 Å². The Labute approximate surface area is 183 Å². The molecule has 0 radical (unpaired) electrons. The van der Waals surface area contributed by atoms with Gasteiger partial charge in [0.1, 0.15) is 5.82 Å². The van der Waals surface area contributed by atoms with E-state index in [9.17, 15) is 0 Å². The number of hydrogen-bond acceptors (Lipinski definition) is 5. The molecule has 7 heteroatoms. The van der Waals surface area contributed by atoms with Crippen molar-refractivity contribution in [1.82, 2.24) is 24.3 Å². The summed E-state index contributed by atoms with van der Waals surface area (Å²) in [5.41, 5.74) is 2.49. The van der Waals surface area contributed by atoms with Gasteiger partial charge < -0.3 is 14.6 Å². The summed E-state index contributed by atoms with van der Waals surface area (Å²) in [6, 6.07) is 10.5. The molecule has 0 atom stereocenters. The number of carboxylic acid groups (broad SMARTS) is 1. The minimum Gasteiger partial charge on any atom is -0.483 e. The number of pyridine rings is 1.